The maximum atomic E-state index is 13.3. The van der Waals surface area contributed by atoms with E-state index in [9.17, 15) is 48.6 Å². The topological polar surface area (TPSA) is 259 Å². The highest BCUT2D eigenvalue weighted by Crippen LogP contribution is 2.47. The summed E-state index contributed by atoms with van der Waals surface area (Å²) in [4.78, 5) is 107. The smallest absolute Gasteiger partial charge is 0.405 e. The molecule has 0 radical (unpaired) electrons. The van der Waals surface area contributed by atoms with Crippen molar-refractivity contribution in [1.82, 2.24) is 42.1 Å². The highest BCUT2D eigenvalue weighted by molar-refractivity contribution is 5.98. The predicted molar refractivity (Wildman–Crippen MR) is 255 cm³/mol. The number of anilines is 1. The monoisotopic (exact) mass is 951 g/mol. The maximum Gasteiger partial charge on any atom is 0.405 e. The Labute approximate surface area is 402 Å². The molecule has 0 spiro atoms. The third-order valence-electron chi connectivity index (χ3n) is 13.2. The van der Waals surface area contributed by atoms with Gasteiger partial charge in [-0.2, -0.15) is 0 Å². The molecule has 3 aromatic carbocycles. The molecule has 0 saturated carbocycles. The number of amides is 8. The van der Waals surface area contributed by atoms with Crippen molar-refractivity contribution in [2.45, 2.75) is 129 Å². The lowest BCUT2D eigenvalue weighted by Gasteiger charge is -2.34. The second-order valence-electron chi connectivity index (χ2n) is 19.7. The Morgan fingerprint density at radius 2 is 0.913 bits per heavy atom. The second-order valence-corrected chi connectivity index (χ2v) is 19.7. The van der Waals surface area contributed by atoms with E-state index in [1.54, 1.807) is 52.0 Å². The molecule has 3 aliphatic rings. The van der Waals surface area contributed by atoms with Gasteiger partial charge < -0.3 is 35.5 Å². The SMILES string of the molecule is CC(C)[C@H](NC(=O)O)C(=O)N1CCC[C@H]1C(=O)NNC(=O)c1ccc(C2CCC(c3ccc(C(=O)NNC(=O)[C@@H]4CCCN4C(=O)[C@@H](NC(=O)O)C(C)C)cc3)N2c2ccc(C(C)(C)C)cc2)cc1. The number of nitrogens with one attached hydrogen (secondary N) is 6. The normalized spacial score (nSPS) is 20.0. The first-order chi connectivity index (χ1) is 32.7. The summed E-state index contributed by atoms with van der Waals surface area (Å²) >= 11 is 0. The lowest BCUT2D eigenvalue weighted by molar-refractivity contribution is -0.141. The summed E-state index contributed by atoms with van der Waals surface area (Å²) in [6.07, 6.45) is 0.677. The summed E-state index contributed by atoms with van der Waals surface area (Å²) < 4.78 is 0. The third-order valence-corrected chi connectivity index (χ3v) is 13.2. The minimum atomic E-state index is -1.34. The van der Waals surface area contributed by atoms with Crippen LogP contribution in [0.1, 0.15) is 136 Å². The van der Waals surface area contributed by atoms with E-state index in [0.717, 1.165) is 29.7 Å². The van der Waals surface area contributed by atoms with E-state index in [4.69, 9.17) is 0 Å². The molecule has 8 N–H and O–H groups in total. The molecule has 69 heavy (non-hydrogen) atoms. The summed E-state index contributed by atoms with van der Waals surface area (Å²) in [5, 5.41) is 23.0. The van der Waals surface area contributed by atoms with Crippen LogP contribution in [0.2, 0.25) is 0 Å². The molecule has 6 rings (SSSR count). The van der Waals surface area contributed by atoms with Crippen LogP contribution >= 0.6 is 0 Å². The molecule has 19 nitrogen and oxygen atoms in total. The molecule has 6 atom stereocenters. The van der Waals surface area contributed by atoms with E-state index in [1.807, 2.05) is 24.3 Å². The van der Waals surface area contributed by atoms with Crippen molar-refractivity contribution in [2.75, 3.05) is 18.0 Å². The predicted octanol–water partition coefficient (Wildman–Crippen LogP) is 5.16. The van der Waals surface area contributed by atoms with Gasteiger partial charge in [-0.25, -0.2) is 9.59 Å². The van der Waals surface area contributed by atoms with Crippen LogP contribution in [-0.4, -0.2) is 105 Å². The van der Waals surface area contributed by atoms with E-state index in [0.29, 0.717) is 36.8 Å². The maximum absolute atomic E-state index is 13.3. The molecule has 19 heteroatoms. The van der Waals surface area contributed by atoms with E-state index >= 15 is 0 Å². The highest BCUT2D eigenvalue weighted by atomic mass is 16.4. The molecule has 370 valence electrons. The van der Waals surface area contributed by atoms with E-state index in [1.165, 1.54) is 15.4 Å². The van der Waals surface area contributed by atoms with Gasteiger partial charge in [0.2, 0.25) is 11.8 Å². The fraction of sp³-hybridized carbons (Fsp3) is 0.480. The Kier molecular flexibility index (Phi) is 16.2. The van der Waals surface area contributed by atoms with Crippen LogP contribution in [0.5, 0.6) is 0 Å². The molecule has 0 aromatic heterocycles. The summed E-state index contributed by atoms with van der Waals surface area (Å²) in [6.45, 7) is 13.9. The number of carbonyl (C=O) groups is 8. The van der Waals surface area contributed by atoms with Crippen molar-refractivity contribution >= 4 is 53.3 Å². The summed E-state index contributed by atoms with van der Waals surface area (Å²) in [5.74, 6) is -3.95. The van der Waals surface area contributed by atoms with Gasteiger partial charge in [-0.1, -0.05) is 84.9 Å². The third kappa shape index (κ3) is 12.1. The lowest BCUT2D eigenvalue weighted by atomic mass is 9.87. The fourth-order valence-corrected chi connectivity index (χ4v) is 9.48. The molecule has 3 saturated heterocycles. The van der Waals surface area contributed by atoms with Gasteiger partial charge >= 0.3 is 12.2 Å². The number of hydrogen-bond donors (Lipinski definition) is 8. The standard InChI is InChI=1S/C50H65N9O10/c1-28(2)40(51-48(66)67)46(64)57-26-8-10-38(57)44(62)55-53-42(60)32-16-12-30(13-17-32)36-24-25-37(59(36)35-22-20-34(21-23-35)50(5,6)7)31-14-18-33(19-15-31)43(61)54-56-45(63)39-11-9-27-58(39)47(65)41(29(3)4)52-49(68)69/h12-23,28-29,36-41,51-52H,8-11,24-27H2,1-7H3,(H,53,60)(H,54,61)(H,55,62)(H,56,63)(H,66,67)(H,68,69)/t36?,37?,38-,39-,40-,41-/m0/s1. The van der Waals surface area contributed by atoms with Crippen molar-refractivity contribution in [1.29, 1.82) is 0 Å². The van der Waals surface area contributed by atoms with Gasteiger partial charge in [0.25, 0.3) is 23.6 Å². The number of nitrogens with zero attached hydrogens (tertiary/aromatic N) is 3. The number of hydrogen-bond acceptors (Lipinski definition) is 9. The van der Waals surface area contributed by atoms with Crippen LogP contribution in [-0.2, 0) is 24.6 Å². The summed E-state index contributed by atoms with van der Waals surface area (Å²) in [7, 11) is 0. The highest BCUT2D eigenvalue weighted by Gasteiger charge is 2.41. The molecule has 3 aliphatic heterocycles. The number of hydrazine groups is 2. The average molecular weight is 952 g/mol. The van der Waals surface area contributed by atoms with Gasteiger partial charge in [0.1, 0.15) is 24.2 Å². The molecule has 3 fully saturated rings. The zero-order valence-electron chi connectivity index (χ0n) is 40.2. The quantitative estimate of drug-likeness (QED) is 0.104. The van der Waals surface area contributed by atoms with Gasteiger partial charge in [-0.05, 0) is 109 Å². The number of likely N-dealkylation sites (tertiary alicyclic amines) is 2. The molecule has 3 heterocycles. The Balaban J connectivity index is 1.12. The zero-order chi connectivity index (χ0) is 50.3. The molecule has 2 unspecified atom stereocenters. The minimum absolute atomic E-state index is 0.0670. The minimum Gasteiger partial charge on any atom is -0.465 e. The molecular formula is C50H65N9O10. The van der Waals surface area contributed by atoms with Crippen LogP contribution in [0.3, 0.4) is 0 Å². The van der Waals surface area contributed by atoms with Crippen LogP contribution in [0.25, 0.3) is 0 Å². The Hall–Kier alpha value is -7.18. The molecule has 8 amide bonds. The van der Waals surface area contributed by atoms with Crippen LogP contribution in [0, 0.1) is 11.8 Å². The summed E-state index contributed by atoms with van der Waals surface area (Å²) in [5.41, 5.74) is 14.4. The lowest BCUT2D eigenvalue weighted by Crippen LogP contribution is -2.56. The van der Waals surface area contributed by atoms with Gasteiger partial charge in [0.15, 0.2) is 0 Å². The van der Waals surface area contributed by atoms with Gasteiger partial charge in [0, 0.05) is 29.9 Å². The van der Waals surface area contributed by atoms with Crippen LogP contribution in [0.15, 0.2) is 72.8 Å². The van der Waals surface area contributed by atoms with E-state index in [2.05, 4.69) is 82.3 Å². The molecule has 3 aromatic rings. The van der Waals surface area contributed by atoms with E-state index < -0.39 is 71.8 Å². The van der Waals surface area contributed by atoms with Gasteiger partial charge in [-0.15, -0.1) is 0 Å². The average Bonchev–Trinajstić information content (AvgIpc) is 4.11. The Morgan fingerprint density at radius 1 is 0.536 bits per heavy atom. The molecule has 0 bridgehead atoms. The van der Waals surface area contributed by atoms with Crippen LogP contribution < -0.4 is 37.2 Å². The van der Waals surface area contributed by atoms with Crippen molar-refractivity contribution in [2.24, 2.45) is 11.8 Å². The zero-order valence-corrected chi connectivity index (χ0v) is 40.2. The van der Waals surface area contributed by atoms with Gasteiger partial charge in [0.05, 0.1) is 12.1 Å². The number of rotatable bonds is 13. The van der Waals surface area contributed by atoms with Crippen molar-refractivity contribution in [3.8, 4) is 0 Å². The number of carbonyl (C=O) groups excluding carboxylic acids is 6. The van der Waals surface area contributed by atoms with Gasteiger partial charge in [-0.3, -0.25) is 50.5 Å². The first kappa shape index (κ1) is 51.2. The Morgan fingerprint density at radius 3 is 1.25 bits per heavy atom. The Bertz CT molecular complexity index is 2250. The molecular weight excluding hydrogens is 887 g/mol. The summed E-state index contributed by atoms with van der Waals surface area (Å²) in [6, 6.07) is 18.8. The van der Waals surface area contributed by atoms with E-state index in [-0.39, 0.29) is 42.4 Å². The largest absolute Gasteiger partial charge is 0.465 e. The second kappa shape index (κ2) is 21.8. The fourth-order valence-electron chi connectivity index (χ4n) is 9.48. The number of carboxylic acid groups (broad SMARTS) is 2. The van der Waals surface area contributed by atoms with Crippen molar-refractivity contribution in [3.05, 3.63) is 101 Å². The van der Waals surface area contributed by atoms with Crippen LogP contribution in [0.4, 0.5) is 15.3 Å². The van der Waals surface area contributed by atoms with Crippen molar-refractivity contribution < 1.29 is 48.6 Å². The molecule has 0 aliphatic carbocycles. The van der Waals surface area contributed by atoms with Crippen molar-refractivity contribution in [3.63, 3.8) is 0 Å². The first-order valence-electron chi connectivity index (χ1n) is 23.5. The number of benzene rings is 3. The first-order valence-corrected chi connectivity index (χ1v) is 23.5.